The largest absolute Gasteiger partial charge is 0.426 e. The van der Waals surface area contributed by atoms with E-state index in [0.29, 0.717) is 5.75 Å². The normalized spacial score (nSPS) is 12.4. The second-order valence-electron chi connectivity index (χ2n) is 4.08. The monoisotopic (exact) mass is 213 g/mol. The Labute approximate surface area is 84.7 Å². The average molecular weight is 213 g/mol. The Morgan fingerprint density at radius 3 is 2.36 bits per heavy atom. The van der Waals surface area contributed by atoms with Gasteiger partial charge in [0, 0.05) is 5.56 Å². The van der Waals surface area contributed by atoms with Gasteiger partial charge < -0.3 is 4.52 Å². The molecule has 0 fully saturated rings. The van der Waals surface area contributed by atoms with Crippen molar-refractivity contribution in [1.82, 2.24) is 0 Å². The summed E-state index contributed by atoms with van der Waals surface area (Å²) in [5.41, 5.74) is 0.833. The highest BCUT2D eigenvalue weighted by atomic mass is 31.1. The molecule has 0 spiro atoms. The number of rotatable bonds is 2. The molecule has 0 saturated heterocycles. The first-order chi connectivity index (χ1) is 6.41. The van der Waals surface area contributed by atoms with Gasteiger partial charge in [0.25, 0.3) is 0 Å². The van der Waals surface area contributed by atoms with Crippen LogP contribution in [-0.4, -0.2) is 4.89 Å². The standard InChI is InChI=1S/C10H14O3P/c1-10(2,3)8-6-4-5-7-9(8)13-14(11)12/h4-7H,1-3H3,(H,11,12). The molecule has 3 nitrogen and oxygen atoms in total. The van der Waals surface area contributed by atoms with E-state index in [1.165, 1.54) is 0 Å². The van der Waals surface area contributed by atoms with Crippen molar-refractivity contribution >= 4 is 8.25 Å². The van der Waals surface area contributed by atoms with Gasteiger partial charge in [-0.1, -0.05) is 39.0 Å². The number of hydrogen-bond acceptors (Lipinski definition) is 2. The zero-order valence-corrected chi connectivity index (χ0v) is 9.41. The van der Waals surface area contributed by atoms with Crippen molar-refractivity contribution in [3.05, 3.63) is 29.8 Å². The Kier molecular flexibility index (Phi) is 3.25. The van der Waals surface area contributed by atoms with Gasteiger partial charge in [-0.2, -0.15) is 0 Å². The minimum Gasteiger partial charge on any atom is -0.397 e. The summed E-state index contributed by atoms with van der Waals surface area (Å²) in [5, 5.41) is 0. The number of para-hydroxylation sites is 1. The molecule has 77 valence electrons. The van der Waals surface area contributed by atoms with Crippen LogP contribution in [-0.2, 0) is 9.98 Å². The molecule has 1 aromatic rings. The Bertz CT molecular complexity index is 341. The molecule has 0 heterocycles. The topological polar surface area (TPSA) is 46.5 Å². The summed E-state index contributed by atoms with van der Waals surface area (Å²) >= 11 is 0. The molecule has 0 amide bonds. The third-order valence-corrected chi connectivity index (χ3v) is 2.22. The van der Waals surface area contributed by atoms with E-state index in [9.17, 15) is 4.57 Å². The number of benzene rings is 1. The fourth-order valence-electron chi connectivity index (χ4n) is 1.25. The van der Waals surface area contributed by atoms with Crippen molar-refractivity contribution in [1.29, 1.82) is 0 Å². The lowest BCUT2D eigenvalue weighted by Gasteiger charge is -2.21. The molecule has 1 atom stereocenters. The van der Waals surface area contributed by atoms with Crippen LogP contribution >= 0.6 is 8.25 Å². The SMILES string of the molecule is CC(C)(C)c1ccccc1O[P](=O)O. The summed E-state index contributed by atoms with van der Waals surface area (Å²) < 4.78 is 15.4. The van der Waals surface area contributed by atoms with E-state index in [2.05, 4.69) is 0 Å². The van der Waals surface area contributed by atoms with Gasteiger partial charge in [0.1, 0.15) is 5.75 Å². The number of hydrogen-bond donors (Lipinski definition) is 1. The Morgan fingerprint density at radius 2 is 1.86 bits per heavy atom. The molecule has 1 rings (SSSR count). The van der Waals surface area contributed by atoms with Crippen LogP contribution in [0.2, 0.25) is 0 Å². The highest BCUT2D eigenvalue weighted by Gasteiger charge is 2.19. The van der Waals surface area contributed by atoms with Gasteiger partial charge in [0.15, 0.2) is 0 Å². The van der Waals surface area contributed by atoms with Gasteiger partial charge >= 0.3 is 8.25 Å². The molecule has 14 heavy (non-hydrogen) atoms. The highest BCUT2D eigenvalue weighted by molar-refractivity contribution is 7.32. The summed E-state index contributed by atoms with van der Waals surface area (Å²) in [5.74, 6) is 0.476. The predicted octanol–water partition coefficient (Wildman–Crippen LogP) is 3.01. The lowest BCUT2D eigenvalue weighted by Crippen LogP contribution is -2.12. The van der Waals surface area contributed by atoms with E-state index in [0.717, 1.165) is 5.56 Å². The molecule has 1 radical (unpaired) electrons. The van der Waals surface area contributed by atoms with Gasteiger partial charge in [-0.3, -0.25) is 4.89 Å². The van der Waals surface area contributed by atoms with Crippen molar-refractivity contribution in [3.8, 4) is 5.75 Å². The van der Waals surface area contributed by atoms with Crippen LogP contribution in [0.3, 0.4) is 0 Å². The van der Waals surface area contributed by atoms with Gasteiger partial charge in [-0.05, 0) is 11.5 Å². The van der Waals surface area contributed by atoms with E-state index in [1.54, 1.807) is 12.1 Å². The highest BCUT2D eigenvalue weighted by Crippen LogP contribution is 2.34. The van der Waals surface area contributed by atoms with E-state index in [1.807, 2.05) is 32.9 Å². The first-order valence-electron chi connectivity index (χ1n) is 4.35. The van der Waals surface area contributed by atoms with Gasteiger partial charge in [-0.15, -0.1) is 0 Å². The molecule has 0 bridgehead atoms. The van der Waals surface area contributed by atoms with E-state index in [-0.39, 0.29) is 5.41 Å². The van der Waals surface area contributed by atoms with Crippen molar-refractivity contribution < 1.29 is 14.0 Å². The maximum Gasteiger partial charge on any atom is 0.426 e. The molecule has 1 unspecified atom stereocenters. The lowest BCUT2D eigenvalue weighted by atomic mass is 9.86. The Morgan fingerprint density at radius 1 is 1.29 bits per heavy atom. The molecule has 1 aromatic carbocycles. The van der Waals surface area contributed by atoms with E-state index < -0.39 is 8.25 Å². The average Bonchev–Trinajstić information content (AvgIpc) is 2.01. The fraction of sp³-hybridized carbons (Fsp3) is 0.400. The first-order valence-corrected chi connectivity index (χ1v) is 5.48. The third-order valence-electron chi connectivity index (χ3n) is 1.87. The van der Waals surface area contributed by atoms with Gasteiger partial charge in [0.2, 0.25) is 0 Å². The Balaban J connectivity index is 3.10. The van der Waals surface area contributed by atoms with Gasteiger partial charge in [0.05, 0.1) is 0 Å². The van der Waals surface area contributed by atoms with Crippen LogP contribution < -0.4 is 4.52 Å². The molecule has 4 heteroatoms. The zero-order chi connectivity index (χ0) is 10.8. The molecule has 0 aliphatic carbocycles. The molecular weight excluding hydrogens is 199 g/mol. The molecule has 1 N–H and O–H groups in total. The minimum atomic E-state index is -2.59. The summed E-state index contributed by atoms with van der Waals surface area (Å²) in [6.45, 7) is 6.08. The van der Waals surface area contributed by atoms with Crippen LogP contribution in [0.4, 0.5) is 0 Å². The second-order valence-corrected chi connectivity index (χ2v) is 4.73. The molecule has 0 aliphatic heterocycles. The second kappa shape index (κ2) is 4.07. The molecule has 0 aromatic heterocycles. The van der Waals surface area contributed by atoms with Crippen LogP contribution in [0.25, 0.3) is 0 Å². The maximum atomic E-state index is 10.6. The summed E-state index contributed by atoms with van der Waals surface area (Å²) in [4.78, 5) is 8.68. The summed E-state index contributed by atoms with van der Waals surface area (Å²) in [6.07, 6.45) is 0. The van der Waals surface area contributed by atoms with Gasteiger partial charge in [-0.25, -0.2) is 4.57 Å². The van der Waals surface area contributed by atoms with Crippen LogP contribution in [0.1, 0.15) is 26.3 Å². The van der Waals surface area contributed by atoms with Crippen molar-refractivity contribution in [3.63, 3.8) is 0 Å². The van der Waals surface area contributed by atoms with Crippen molar-refractivity contribution in [2.75, 3.05) is 0 Å². The van der Waals surface area contributed by atoms with Crippen molar-refractivity contribution in [2.45, 2.75) is 26.2 Å². The third kappa shape index (κ3) is 2.79. The fourth-order valence-corrected chi connectivity index (χ4v) is 1.58. The predicted molar refractivity (Wildman–Crippen MR) is 55.6 cm³/mol. The maximum absolute atomic E-state index is 10.6. The van der Waals surface area contributed by atoms with Crippen LogP contribution in [0.15, 0.2) is 24.3 Å². The molecule has 0 saturated carbocycles. The minimum absolute atomic E-state index is 0.0953. The van der Waals surface area contributed by atoms with Crippen molar-refractivity contribution in [2.24, 2.45) is 0 Å². The smallest absolute Gasteiger partial charge is 0.397 e. The van der Waals surface area contributed by atoms with Crippen LogP contribution in [0.5, 0.6) is 5.75 Å². The first kappa shape index (κ1) is 11.2. The van der Waals surface area contributed by atoms with E-state index >= 15 is 0 Å². The molecule has 0 aliphatic rings. The lowest BCUT2D eigenvalue weighted by molar-refractivity contribution is 0.404. The summed E-state index contributed by atoms with van der Waals surface area (Å²) in [6, 6.07) is 7.26. The Hall–Kier alpha value is -0.920. The zero-order valence-electron chi connectivity index (χ0n) is 8.52. The summed E-state index contributed by atoms with van der Waals surface area (Å²) in [7, 11) is -2.59. The van der Waals surface area contributed by atoms with E-state index in [4.69, 9.17) is 9.42 Å². The van der Waals surface area contributed by atoms with Crippen LogP contribution in [0, 0.1) is 0 Å². The molecular formula is C10H14O3P. The quantitative estimate of drug-likeness (QED) is 0.768.